The molecule has 5 heteroatoms. The summed E-state index contributed by atoms with van der Waals surface area (Å²) in [4.78, 5) is 0. The first kappa shape index (κ1) is 17.7. The molecule has 0 aromatic carbocycles. The van der Waals surface area contributed by atoms with Crippen LogP contribution in [0.3, 0.4) is 0 Å². The van der Waals surface area contributed by atoms with Crippen molar-refractivity contribution < 1.29 is 4.74 Å². The van der Waals surface area contributed by atoms with Gasteiger partial charge in [0.05, 0.1) is 15.9 Å². The highest BCUT2D eigenvalue weighted by Gasteiger charge is 2.17. The summed E-state index contributed by atoms with van der Waals surface area (Å²) in [5, 5.41) is 8.14. The van der Waals surface area contributed by atoms with Crippen molar-refractivity contribution in [1.29, 1.82) is 0 Å². The average molecular weight is 346 g/mol. The van der Waals surface area contributed by atoms with Crippen LogP contribution in [0.15, 0.2) is 4.47 Å². The molecule has 0 amide bonds. The van der Waals surface area contributed by atoms with Gasteiger partial charge in [-0.05, 0) is 48.7 Å². The molecule has 0 saturated carbocycles. The Kier molecular flexibility index (Phi) is 8.41. The number of aryl methyl sites for hydroxylation is 2. The Bertz CT molecular complexity index is 393. The molecule has 20 heavy (non-hydrogen) atoms. The molecule has 4 nitrogen and oxygen atoms in total. The zero-order chi connectivity index (χ0) is 15.0. The maximum absolute atomic E-state index is 5.43. The number of nitrogens with zero attached hydrogens (tertiary/aromatic N) is 2. The van der Waals surface area contributed by atoms with Crippen LogP contribution in [0.25, 0.3) is 0 Å². The van der Waals surface area contributed by atoms with Gasteiger partial charge in [0.1, 0.15) is 0 Å². The number of aromatic nitrogens is 2. The lowest BCUT2D eigenvalue weighted by Crippen LogP contribution is -2.32. The standard InChI is InChI=1S/C15H28BrN3O/c1-5-13-15(16)14(19(4)18-13)11-12(17-6-2)9-8-10-20-7-3/h12,17H,5-11H2,1-4H3. The first-order valence-corrected chi connectivity index (χ1v) is 8.44. The van der Waals surface area contributed by atoms with E-state index < -0.39 is 0 Å². The minimum atomic E-state index is 0.483. The van der Waals surface area contributed by atoms with Gasteiger partial charge in [0.25, 0.3) is 0 Å². The predicted molar refractivity (Wildman–Crippen MR) is 87.2 cm³/mol. The fourth-order valence-electron chi connectivity index (χ4n) is 2.42. The topological polar surface area (TPSA) is 39.1 Å². The van der Waals surface area contributed by atoms with Crippen LogP contribution in [-0.4, -0.2) is 35.6 Å². The molecular weight excluding hydrogens is 318 g/mol. The molecule has 0 aliphatic carbocycles. The van der Waals surface area contributed by atoms with Crippen molar-refractivity contribution in [2.75, 3.05) is 19.8 Å². The third-order valence-corrected chi connectivity index (χ3v) is 4.40. The van der Waals surface area contributed by atoms with E-state index in [2.05, 4.69) is 40.2 Å². The SMILES string of the molecule is CCNC(CCCOCC)Cc1c(Br)c(CC)nn1C. The fourth-order valence-corrected chi connectivity index (χ4v) is 3.19. The number of rotatable bonds is 10. The monoisotopic (exact) mass is 345 g/mol. The molecule has 1 rings (SSSR count). The molecule has 0 aliphatic heterocycles. The number of ether oxygens (including phenoxy) is 1. The summed E-state index contributed by atoms with van der Waals surface area (Å²) < 4.78 is 8.61. The quantitative estimate of drug-likeness (QED) is 0.662. The second-order valence-electron chi connectivity index (χ2n) is 4.98. The highest BCUT2D eigenvalue weighted by Crippen LogP contribution is 2.23. The second-order valence-corrected chi connectivity index (χ2v) is 5.78. The summed E-state index contributed by atoms with van der Waals surface area (Å²) in [5.74, 6) is 0. The molecule has 0 bridgehead atoms. The number of likely N-dealkylation sites (N-methyl/N-ethyl adjacent to an activating group) is 1. The smallest absolute Gasteiger partial charge is 0.0766 e. The normalized spacial score (nSPS) is 12.8. The van der Waals surface area contributed by atoms with Gasteiger partial charge in [-0.2, -0.15) is 5.10 Å². The zero-order valence-corrected chi connectivity index (χ0v) is 14.8. The van der Waals surface area contributed by atoms with Gasteiger partial charge in [0.2, 0.25) is 0 Å². The van der Waals surface area contributed by atoms with Gasteiger partial charge in [0.15, 0.2) is 0 Å². The Labute approximate surface area is 131 Å². The Morgan fingerprint density at radius 1 is 1.35 bits per heavy atom. The number of halogens is 1. The summed E-state index contributed by atoms with van der Waals surface area (Å²) in [6.07, 6.45) is 4.20. The lowest BCUT2D eigenvalue weighted by atomic mass is 10.1. The van der Waals surface area contributed by atoms with Crippen LogP contribution in [0.1, 0.15) is 45.0 Å². The van der Waals surface area contributed by atoms with Crippen molar-refractivity contribution in [1.82, 2.24) is 15.1 Å². The van der Waals surface area contributed by atoms with Crippen molar-refractivity contribution in [2.45, 2.75) is 52.5 Å². The van der Waals surface area contributed by atoms with E-state index in [0.717, 1.165) is 51.1 Å². The van der Waals surface area contributed by atoms with Crippen LogP contribution >= 0.6 is 15.9 Å². The molecule has 1 N–H and O–H groups in total. The van der Waals surface area contributed by atoms with Gasteiger partial charge in [0, 0.05) is 32.7 Å². The molecule has 0 saturated heterocycles. The van der Waals surface area contributed by atoms with Gasteiger partial charge < -0.3 is 10.1 Å². The maximum atomic E-state index is 5.43. The Balaban J connectivity index is 2.62. The van der Waals surface area contributed by atoms with Crippen LogP contribution in [0.5, 0.6) is 0 Å². The van der Waals surface area contributed by atoms with Crippen LogP contribution in [0, 0.1) is 0 Å². The molecule has 0 fully saturated rings. The van der Waals surface area contributed by atoms with Gasteiger partial charge in [-0.15, -0.1) is 0 Å². The summed E-state index contributed by atoms with van der Waals surface area (Å²) in [5.41, 5.74) is 2.43. The summed E-state index contributed by atoms with van der Waals surface area (Å²) in [6.45, 7) is 8.99. The van der Waals surface area contributed by atoms with Gasteiger partial charge in [-0.3, -0.25) is 4.68 Å². The number of hydrogen-bond acceptors (Lipinski definition) is 3. The first-order chi connectivity index (χ1) is 9.63. The maximum Gasteiger partial charge on any atom is 0.0766 e. The predicted octanol–water partition coefficient (Wildman–Crippen LogP) is 3.08. The lowest BCUT2D eigenvalue weighted by molar-refractivity contribution is 0.140. The Hall–Kier alpha value is -0.390. The third kappa shape index (κ3) is 5.19. The van der Waals surface area contributed by atoms with Crippen molar-refractivity contribution in [3.05, 3.63) is 15.9 Å². The highest BCUT2D eigenvalue weighted by molar-refractivity contribution is 9.10. The number of hydrogen-bond donors (Lipinski definition) is 1. The van der Waals surface area contributed by atoms with E-state index in [1.807, 2.05) is 18.7 Å². The summed E-state index contributed by atoms with van der Waals surface area (Å²) >= 11 is 3.70. The second kappa shape index (κ2) is 9.53. The van der Waals surface area contributed by atoms with Gasteiger partial charge in [-0.25, -0.2) is 0 Å². The summed E-state index contributed by atoms with van der Waals surface area (Å²) in [6, 6.07) is 0.483. The molecule has 0 aliphatic rings. The minimum Gasteiger partial charge on any atom is -0.382 e. The molecule has 1 heterocycles. The van der Waals surface area contributed by atoms with Crippen molar-refractivity contribution in [3.63, 3.8) is 0 Å². The van der Waals surface area contributed by atoms with Crippen LogP contribution in [-0.2, 0) is 24.6 Å². The van der Waals surface area contributed by atoms with Gasteiger partial charge in [-0.1, -0.05) is 13.8 Å². The molecule has 1 unspecified atom stereocenters. The fraction of sp³-hybridized carbons (Fsp3) is 0.800. The van der Waals surface area contributed by atoms with E-state index >= 15 is 0 Å². The molecule has 116 valence electrons. The largest absolute Gasteiger partial charge is 0.382 e. The van der Waals surface area contributed by atoms with Crippen molar-refractivity contribution in [3.8, 4) is 0 Å². The molecule has 1 aromatic rings. The third-order valence-electron chi connectivity index (χ3n) is 3.48. The minimum absolute atomic E-state index is 0.483. The molecule has 0 radical (unpaired) electrons. The van der Waals surface area contributed by atoms with Crippen molar-refractivity contribution >= 4 is 15.9 Å². The van der Waals surface area contributed by atoms with Crippen LogP contribution in [0.4, 0.5) is 0 Å². The van der Waals surface area contributed by atoms with E-state index in [1.165, 1.54) is 10.2 Å². The highest BCUT2D eigenvalue weighted by atomic mass is 79.9. The van der Waals surface area contributed by atoms with Crippen LogP contribution in [0.2, 0.25) is 0 Å². The average Bonchev–Trinajstić information content (AvgIpc) is 2.71. The first-order valence-electron chi connectivity index (χ1n) is 7.65. The van der Waals surface area contributed by atoms with E-state index in [9.17, 15) is 0 Å². The van der Waals surface area contributed by atoms with E-state index in [-0.39, 0.29) is 0 Å². The molecular formula is C15H28BrN3O. The van der Waals surface area contributed by atoms with E-state index in [0.29, 0.717) is 6.04 Å². The number of nitrogens with one attached hydrogen (secondary N) is 1. The molecule has 1 aromatic heterocycles. The molecule has 1 atom stereocenters. The van der Waals surface area contributed by atoms with E-state index in [4.69, 9.17) is 4.74 Å². The van der Waals surface area contributed by atoms with Crippen LogP contribution < -0.4 is 5.32 Å². The summed E-state index contributed by atoms with van der Waals surface area (Å²) in [7, 11) is 2.03. The van der Waals surface area contributed by atoms with Crippen molar-refractivity contribution in [2.24, 2.45) is 7.05 Å². The van der Waals surface area contributed by atoms with E-state index in [1.54, 1.807) is 0 Å². The van der Waals surface area contributed by atoms with Gasteiger partial charge >= 0.3 is 0 Å². The molecule has 0 spiro atoms. The Morgan fingerprint density at radius 2 is 2.10 bits per heavy atom. The lowest BCUT2D eigenvalue weighted by Gasteiger charge is -2.18. The zero-order valence-electron chi connectivity index (χ0n) is 13.2. The Morgan fingerprint density at radius 3 is 2.65 bits per heavy atom.